The number of nitrogens with one attached hydrogen (secondary N) is 1. The summed E-state index contributed by atoms with van der Waals surface area (Å²) in [6.45, 7) is 3.85. The van der Waals surface area contributed by atoms with E-state index in [4.69, 9.17) is 0 Å². The lowest BCUT2D eigenvalue weighted by atomic mass is 10.1. The quantitative estimate of drug-likeness (QED) is 0.793. The Morgan fingerprint density at radius 3 is 2.71 bits per heavy atom. The number of rotatable bonds is 8. The van der Waals surface area contributed by atoms with Gasteiger partial charge in [-0.25, -0.2) is 13.1 Å². The number of benzene rings is 1. The van der Waals surface area contributed by atoms with Crippen molar-refractivity contribution >= 4 is 32.5 Å². The van der Waals surface area contributed by atoms with Gasteiger partial charge in [0.05, 0.1) is 17.0 Å². The second-order valence-electron chi connectivity index (χ2n) is 5.59. The van der Waals surface area contributed by atoms with Gasteiger partial charge in [0, 0.05) is 31.6 Å². The van der Waals surface area contributed by atoms with Crippen molar-refractivity contribution in [1.29, 1.82) is 0 Å². The fraction of sp³-hybridized carbons (Fsp3) is 0.412. The highest BCUT2D eigenvalue weighted by Crippen LogP contribution is 2.24. The Bertz CT molecular complexity index is 800. The Hall–Kier alpha value is -1.99. The summed E-state index contributed by atoms with van der Waals surface area (Å²) < 4.78 is 26.3. The molecular weight excluding hydrogens is 326 g/mol. The maximum absolute atomic E-state index is 12.0. The minimum atomic E-state index is -3.29. The van der Waals surface area contributed by atoms with Crippen LogP contribution in [0.15, 0.2) is 36.5 Å². The zero-order valence-electron chi connectivity index (χ0n) is 14.0. The van der Waals surface area contributed by atoms with Crippen LogP contribution in [0.5, 0.6) is 0 Å². The Balaban J connectivity index is 2.14. The van der Waals surface area contributed by atoms with Gasteiger partial charge in [-0.05, 0) is 18.6 Å². The summed E-state index contributed by atoms with van der Waals surface area (Å²) >= 11 is 0. The standard InChI is InChI=1S/C17H23N3O3S/c1-3-4-13-24(22,23)19-11-12-20(14(2)21)16-9-5-7-15-8-6-10-18-17(15)16/h5-10,19H,3-4,11-13H2,1-2H3. The van der Waals surface area contributed by atoms with Crippen LogP contribution in [0.1, 0.15) is 26.7 Å². The average Bonchev–Trinajstić information content (AvgIpc) is 2.56. The van der Waals surface area contributed by atoms with Gasteiger partial charge in [-0.15, -0.1) is 0 Å². The summed E-state index contributed by atoms with van der Waals surface area (Å²) in [6.07, 6.45) is 3.12. The van der Waals surface area contributed by atoms with E-state index < -0.39 is 10.0 Å². The van der Waals surface area contributed by atoms with Gasteiger partial charge in [0.25, 0.3) is 0 Å². The summed E-state index contributed by atoms with van der Waals surface area (Å²) in [7, 11) is -3.29. The van der Waals surface area contributed by atoms with Gasteiger partial charge < -0.3 is 4.90 Å². The molecule has 1 heterocycles. The molecule has 1 aromatic heterocycles. The van der Waals surface area contributed by atoms with Crippen molar-refractivity contribution in [2.75, 3.05) is 23.7 Å². The number of anilines is 1. The van der Waals surface area contributed by atoms with Gasteiger partial charge in [-0.3, -0.25) is 9.78 Å². The molecule has 1 amide bonds. The number of pyridine rings is 1. The summed E-state index contributed by atoms with van der Waals surface area (Å²) in [5.74, 6) is -0.0414. The summed E-state index contributed by atoms with van der Waals surface area (Å²) in [6, 6.07) is 9.38. The van der Waals surface area contributed by atoms with Crippen LogP contribution in [0.4, 0.5) is 5.69 Å². The molecule has 0 fully saturated rings. The Kier molecular flexibility index (Phi) is 6.28. The predicted octanol–water partition coefficient (Wildman–Crippen LogP) is 2.31. The number of sulfonamides is 1. The highest BCUT2D eigenvalue weighted by molar-refractivity contribution is 7.89. The molecule has 0 radical (unpaired) electrons. The van der Waals surface area contributed by atoms with E-state index in [0.717, 1.165) is 17.3 Å². The van der Waals surface area contributed by atoms with Crippen molar-refractivity contribution < 1.29 is 13.2 Å². The van der Waals surface area contributed by atoms with E-state index in [1.807, 2.05) is 37.3 Å². The zero-order chi connectivity index (χ0) is 17.6. The topological polar surface area (TPSA) is 79.4 Å². The van der Waals surface area contributed by atoms with Gasteiger partial charge >= 0.3 is 0 Å². The molecule has 24 heavy (non-hydrogen) atoms. The molecule has 0 aliphatic heterocycles. The summed E-state index contributed by atoms with van der Waals surface area (Å²) in [5, 5.41) is 0.935. The Morgan fingerprint density at radius 1 is 1.25 bits per heavy atom. The second kappa shape index (κ2) is 8.21. The molecule has 0 aliphatic rings. The van der Waals surface area contributed by atoms with E-state index in [-0.39, 0.29) is 24.7 Å². The van der Waals surface area contributed by atoms with E-state index in [2.05, 4.69) is 9.71 Å². The number of hydrogen-bond donors (Lipinski definition) is 1. The number of hydrogen-bond acceptors (Lipinski definition) is 4. The molecule has 1 N–H and O–H groups in total. The second-order valence-corrected chi connectivity index (χ2v) is 7.52. The van der Waals surface area contributed by atoms with Gasteiger partial charge in [0.1, 0.15) is 0 Å². The van der Waals surface area contributed by atoms with Crippen LogP contribution < -0.4 is 9.62 Å². The molecule has 0 aliphatic carbocycles. The van der Waals surface area contributed by atoms with E-state index >= 15 is 0 Å². The van der Waals surface area contributed by atoms with E-state index in [0.29, 0.717) is 12.1 Å². The average molecular weight is 349 g/mol. The lowest BCUT2D eigenvalue weighted by Gasteiger charge is -2.22. The molecule has 2 rings (SSSR count). The molecule has 0 saturated carbocycles. The highest BCUT2D eigenvalue weighted by atomic mass is 32.2. The SMILES string of the molecule is CCCCS(=O)(=O)NCCN(C(C)=O)c1cccc2cccnc12. The predicted molar refractivity (Wildman–Crippen MR) is 96.5 cm³/mol. The number of aromatic nitrogens is 1. The minimum Gasteiger partial charge on any atom is -0.309 e. The van der Waals surface area contributed by atoms with Crippen molar-refractivity contribution in [2.24, 2.45) is 0 Å². The molecule has 2 aromatic rings. The summed E-state index contributed by atoms with van der Waals surface area (Å²) in [4.78, 5) is 17.9. The van der Waals surface area contributed by atoms with Crippen molar-refractivity contribution in [3.63, 3.8) is 0 Å². The molecule has 0 atom stereocenters. The lowest BCUT2D eigenvalue weighted by Crippen LogP contribution is -2.38. The first-order chi connectivity index (χ1) is 11.4. The normalized spacial score (nSPS) is 11.6. The molecule has 6 nitrogen and oxygen atoms in total. The van der Waals surface area contributed by atoms with Crippen LogP contribution in [-0.4, -0.2) is 38.2 Å². The first-order valence-electron chi connectivity index (χ1n) is 8.04. The number of fused-ring (bicyclic) bond motifs is 1. The van der Waals surface area contributed by atoms with Crippen molar-refractivity contribution in [3.8, 4) is 0 Å². The number of amides is 1. The van der Waals surface area contributed by atoms with E-state index in [1.165, 1.54) is 6.92 Å². The maximum Gasteiger partial charge on any atom is 0.223 e. The van der Waals surface area contributed by atoms with Crippen molar-refractivity contribution in [2.45, 2.75) is 26.7 Å². The van der Waals surface area contributed by atoms with Crippen LogP contribution in [0.2, 0.25) is 0 Å². The first-order valence-corrected chi connectivity index (χ1v) is 9.69. The van der Waals surface area contributed by atoms with Gasteiger partial charge in [-0.1, -0.05) is 31.5 Å². The van der Waals surface area contributed by atoms with Crippen LogP contribution >= 0.6 is 0 Å². The fourth-order valence-corrected chi connectivity index (χ4v) is 3.69. The molecule has 7 heteroatoms. The van der Waals surface area contributed by atoms with Crippen LogP contribution in [0.3, 0.4) is 0 Å². The maximum atomic E-state index is 12.0. The van der Waals surface area contributed by atoms with Crippen molar-refractivity contribution in [3.05, 3.63) is 36.5 Å². The first kappa shape index (κ1) is 18.4. The zero-order valence-corrected chi connectivity index (χ0v) is 14.8. The van der Waals surface area contributed by atoms with Crippen molar-refractivity contribution in [1.82, 2.24) is 9.71 Å². The molecule has 1 aromatic carbocycles. The molecule has 0 spiro atoms. The van der Waals surface area contributed by atoms with Gasteiger partial charge in [-0.2, -0.15) is 0 Å². The number of nitrogens with zero attached hydrogens (tertiary/aromatic N) is 2. The molecular formula is C17H23N3O3S. The summed E-state index contributed by atoms with van der Waals surface area (Å²) in [5.41, 5.74) is 1.41. The fourth-order valence-electron chi connectivity index (χ4n) is 2.47. The Labute approximate surface area is 142 Å². The van der Waals surface area contributed by atoms with Gasteiger partial charge in [0.2, 0.25) is 15.9 Å². The Morgan fingerprint density at radius 2 is 2.00 bits per heavy atom. The third-order valence-corrected chi connectivity index (χ3v) is 5.18. The number of para-hydroxylation sites is 1. The lowest BCUT2D eigenvalue weighted by molar-refractivity contribution is -0.116. The number of carbonyl (C=O) groups excluding carboxylic acids is 1. The minimum absolute atomic E-state index is 0.111. The van der Waals surface area contributed by atoms with E-state index in [1.54, 1.807) is 11.1 Å². The smallest absolute Gasteiger partial charge is 0.223 e. The molecule has 130 valence electrons. The molecule has 0 bridgehead atoms. The largest absolute Gasteiger partial charge is 0.309 e. The molecule has 0 unspecified atom stereocenters. The van der Waals surface area contributed by atoms with Gasteiger partial charge in [0.15, 0.2) is 0 Å². The number of unbranched alkanes of at least 4 members (excludes halogenated alkanes) is 1. The number of carbonyl (C=O) groups is 1. The highest BCUT2D eigenvalue weighted by Gasteiger charge is 2.16. The monoisotopic (exact) mass is 349 g/mol. The molecule has 0 saturated heterocycles. The van der Waals surface area contributed by atoms with Crippen LogP contribution in [-0.2, 0) is 14.8 Å². The third kappa shape index (κ3) is 4.75. The third-order valence-electron chi connectivity index (χ3n) is 3.71. The van der Waals surface area contributed by atoms with E-state index in [9.17, 15) is 13.2 Å². The van der Waals surface area contributed by atoms with Crippen LogP contribution in [0.25, 0.3) is 10.9 Å². The van der Waals surface area contributed by atoms with Crippen LogP contribution in [0, 0.1) is 0 Å².